The molecule has 0 aliphatic carbocycles. The van der Waals surface area contributed by atoms with Gasteiger partial charge in [-0.3, -0.25) is 9.59 Å². The summed E-state index contributed by atoms with van der Waals surface area (Å²) in [7, 11) is 0. The van der Waals surface area contributed by atoms with Crippen LogP contribution in [0.5, 0.6) is 0 Å². The van der Waals surface area contributed by atoms with E-state index < -0.39 is 22.6 Å². The van der Waals surface area contributed by atoms with E-state index in [4.69, 9.17) is 23.1 Å². The molecule has 0 aromatic heterocycles. The summed E-state index contributed by atoms with van der Waals surface area (Å²) in [5.41, 5.74) is 9.70. The monoisotopic (exact) mass is 240 g/mol. The molecule has 2 unspecified atom stereocenters. The minimum absolute atomic E-state index is 0.571. The number of alkyl halides is 1. The van der Waals surface area contributed by atoms with Crippen LogP contribution < -0.4 is 11.5 Å². The summed E-state index contributed by atoms with van der Waals surface area (Å²) >= 11 is 5.88. The molecule has 0 spiro atoms. The van der Waals surface area contributed by atoms with Gasteiger partial charge in [0.05, 0.1) is 5.41 Å². The lowest BCUT2D eigenvalue weighted by atomic mass is 9.78. The van der Waals surface area contributed by atoms with E-state index in [9.17, 15) is 9.59 Å². The van der Waals surface area contributed by atoms with Gasteiger partial charge >= 0.3 is 0 Å². The maximum Gasteiger partial charge on any atom is 0.236 e. The van der Waals surface area contributed by atoms with E-state index in [1.807, 2.05) is 0 Å². The van der Waals surface area contributed by atoms with E-state index >= 15 is 0 Å². The minimum atomic E-state index is -1.30. The molecule has 0 aliphatic rings. The molecular weight excluding hydrogens is 228 g/mol. The van der Waals surface area contributed by atoms with Crippen molar-refractivity contribution < 1.29 is 9.59 Å². The van der Waals surface area contributed by atoms with Crippen molar-refractivity contribution in [3.8, 4) is 0 Å². The molecule has 86 valence electrons. The molecule has 4 N–H and O–H groups in total. The van der Waals surface area contributed by atoms with Gasteiger partial charge in [-0.25, -0.2) is 0 Å². The van der Waals surface area contributed by atoms with Gasteiger partial charge in [0.1, 0.15) is 5.38 Å². The third-order valence-corrected chi connectivity index (χ3v) is 3.29. The van der Waals surface area contributed by atoms with Crippen molar-refractivity contribution in [3.63, 3.8) is 0 Å². The highest BCUT2D eigenvalue weighted by atomic mass is 35.5. The van der Waals surface area contributed by atoms with Gasteiger partial charge < -0.3 is 11.5 Å². The lowest BCUT2D eigenvalue weighted by Gasteiger charge is -2.29. The number of primary amides is 2. The first-order chi connectivity index (χ1) is 7.40. The fraction of sp³-hybridized carbons (Fsp3) is 0.273. The summed E-state index contributed by atoms with van der Waals surface area (Å²) < 4.78 is 0. The molecule has 16 heavy (non-hydrogen) atoms. The van der Waals surface area contributed by atoms with Gasteiger partial charge in [0.25, 0.3) is 0 Å². The summed E-state index contributed by atoms with van der Waals surface area (Å²) in [6, 6.07) is 8.63. The summed E-state index contributed by atoms with van der Waals surface area (Å²) in [6.45, 7) is 1.51. The summed E-state index contributed by atoms with van der Waals surface area (Å²) in [6.07, 6.45) is 0. The Morgan fingerprint density at radius 1 is 1.25 bits per heavy atom. The van der Waals surface area contributed by atoms with Crippen LogP contribution in [0.3, 0.4) is 0 Å². The second-order valence-electron chi connectivity index (χ2n) is 3.70. The van der Waals surface area contributed by atoms with Crippen molar-refractivity contribution in [2.24, 2.45) is 11.5 Å². The van der Waals surface area contributed by atoms with Crippen molar-refractivity contribution in [3.05, 3.63) is 35.9 Å². The standard InChI is InChI=1S/C11H13ClN2O2/c1-11(10(14)16,8(12)9(13)15)7-5-3-2-4-6-7/h2-6,8H,1H3,(H2,13,15)(H2,14,16). The Morgan fingerprint density at radius 3 is 2.12 bits per heavy atom. The highest BCUT2D eigenvalue weighted by Gasteiger charge is 2.43. The lowest BCUT2D eigenvalue weighted by Crippen LogP contribution is -2.50. The van der Waals surface area contributed by atoms with Crippen molar-refractivity contribution in [2.45, 2.75) is 17.7 Å². The Morgan fingerprint density at radius 2 is 1.75 bits per heavy atom. The van der Waals surface area contributed by atoms with Crippen LogP contribution in [-0.4, -0.2) is 17.2 Å². The van der Waals surface area contributed by atoms with E-state index in [1.54, 1.807) is 30.3 Å². The number of carbonyl (C=O) groups is 2. The van der Waals surface area contributed by atoms with Gasteiger partial charge in [0, 0.05) is 0 Å². The summed E-state index contributed by atoms with van der Waals surface area (Å²) in [5.74, 6) is -1.45. The predicted octanol–water partition coefficient (Wildman–Crippen LogP) is 0.522. The largest absolute Gasteiger partial charge is 0.369 e. The zero-order valence-electron chi connectivity index (χ0n) is 8.81. The number of hydrogen-bond acceptors (Lipinski definition) is 2. The Bertz CT molecular complexity index is 408. The molecule has 0 saturated carbocycles. The Labute approximate surface area is 98.6 Å². The fourth-order valence-electron chi connectivity index (χ4n) is 1.48. The van der Waals surface area contributed by atoms with Gasteiger partial charge in [0.2, 0.25) is 11.8 Å². The number of halogens is 1. The van der Waals surface area contributed by atoms with Crippen LogP contribution in [0.1, 0.15) is 12.5 Å². The van der Waals surface area contributed by atoms with Gasteiger partial charge in [-0.1, -0.05) is 30.3 Å². The fourth-order valence-corrected chi connectivity index (χ4v) is 1.72. The minimum Gasteiger partial charge on any atom is -0.369 e. The van der Waals surface area contributed by atoms with E-state index in [1.165, 1.54) is 6.92 Å². The first-order valence-corrected chi connectivity index (χ1v) is 5.13. The molecule has 0 aliphatic heterocycles. The molecule has 0 fully saturated rings. The highest BCUT2D eigenvalue weighted by Crippen LogP contribution is 2.30. The SMILES string of the molecule is CC(C(N)=O)(c1ccccc1)C(Cl)C(N)=O. The molecule has 2 atom stereocenters. The molecule has 4 nitrogen and oxygen atoms in total. The van der Waals surface area contributed by atoms with Gasteiger partial charge in [0.15, 0.2) is 0 Å². The third kappa shape index (κ3) is 2.02. The number of hydrogen-bond donors (Lipinski definition) is 2. The average molecular weight is 241 g/mol. The van der Waals surface area contributed by atoms with E-state index in [0.717, 1.165) is 0 Å². The molecule has 0 saturated heterocycles. The molecule has 1 rings (SSSR count). The zero-order chi connectivity index (χ0) is 12.3. The van der Waals surface area contributed by atoms with E-state index in [-0.39, 0.29) is 0 Å². The number of carbonyl (C=O) groups excluding carboxylic acids is 2. The first kappa shape index (κ1) is 12.5. The Hall–Kier alpha value is -1.55. The Balaban J connectivity index is 3.28. The average Bonchev–Trinajstić information content (AvgIpc) is 2.27. The molecule has 1 aromatic carbocycles. The van der Waals surface area contributed by atoms with Crippen molar-refractivity contribution in [1.82, 2.24) is 0 Å². The van der Waals surface area contributed by atoms with Crippen LogP contribution in [0.4, 0.5) is 0 Å². The van der Waals surface area contributed by atoms with Gasteiger partial charge in [-0.15, -0.1) is 11.6 Å². The van der Waals surface area contributed by atoms with Crippen LogP contribution in [0.25, 0.3) is 0 Å². The van der Waals surface area contributed by atoms with Gasteiger partial charge in [-0.2, -0.15) is 0 Å². The van der Waals surface area contributed by atoms with Crippen LogP contribution in [0.15, 0.2) is 30.3 Å². The van der Waals surface area contributed by atoms with Crippen LogP contribution >= 0.6 is 11.6 Å². The van der Waals surface area contributed by atoms with Crippen LogP contribution in [0, 0.1) is 0 Å². The maximum atomic E-state index is 11.5. The maximum absolute atomic E-state index is 11.5. The third-order valence-electron chi connectivity index (χ3n) is 2.64. The van der Waals surface area contributed by atoms with Crippen LogP contribution in [0.2, 0.25) is 0 Å². The number of rotatable bonds is 4. The summed E-state index contributed by atoms with van der Waals surface area (Å²) in [4.78, 5) is 22.6. The molecule has 2 amide bonds. The number of amides is 2. The molecule has 0 radical (unpaired) electrons. The van der Waals surface area contributed by atoms with Crippen LogP contribution in [-0.2, 0) is 15.0 Å². The lowest BCUT2D eigenvalue weighted by molar-refractivity contribution is -0.127. The first-order valence-electron chi connectivity index (χ1n) is 4.69. The normalized spacial score (nSPS) is 16.1. The molecular formula is C11H13ClN2O2. The molecule has 0 heterocycles. The highest BCUT2D eigenvalue weighted by molar-refractivity contribution is 6.33. The number of nitrogens with two attached hydrogens (primary N) is 2. The smallest absolute Gasteiger partial charge is 0.236 e. The van der Waals surface area contributed by atoms with Crippen molar-refractivity contribution in [2.75, 3.05) is 0 Å². The second-order valence-corrected chi connectivity index (χ2v) is 4.13. The molecule has 0 bridgehead atoms. The van der Waals surface area contributed by atoms with Crippen molar-refractivity contribution in [1.29, 1.82) is 0 Å². The topological polar surface area (TPSA) is 86.2 Å². The zero-order valence-corrected chi connectivity index (χ0v) is 9.57. The van der Waals surface area contributed by atoms with E-state index in [0.29, 0.717) is 5.56 Å². The van der Waals surface area contributed by atoms with Gasteiger partial charge in [-0.05, 0) is 12.5 Å². The quantitative estimate of drug-likeness (QED) is 0.752. The molecule has 1 aromatic rings. The number of benzene rings is 1. The summed E-state index contributed by atoms with van der Waals surface area (Å²) in [5, 5.41) is -1.17. The van der Waals surface area contributed by atoms with E-state index in [2.05, 4.69) is 0 Å². The Kier molecular flexibility index (Phi) is 3.55. The van der Waals surface area contributed by atoms with Crippen molar-refractivity contribution >= 4 is 23.4 Å². The predicted molar refractivity (Wildman–Crippen MR) is 61.8 cm³/mol. The second kappa shape index (κ2) is 4.53. The molecule has 5 heteroatoms.